The summed E-state index contributed by atoms with van der Waals surface area (Å²) in [6, 6.07) is 23.6. The molecule has 8 heteroatoms. The number of fused-ring (bicyclic) bond motifs is 1. The van der Waals surface area contributed by atoms with Crippen molar-refractivity contribution in [3.63, 3.8) is 0 Å². The van der Waals surface area contributed by atoms with Gasteiger partial charge in [0.25, 0.3) is 0 Å². The van der Waals surface area contributed by atoms with Gasteiger partial charge in [-0.2, -0.15) is 0 Å². The van der Waals surface area contributed by atoms with Crippen molar-refractivity contribution >= 4 is 26.9 Å². The lowest BCUT2D eigenvalue weighted by atomic mass is 9.96. The zero-order chi connectivity index (χ0) is 24.8. The molecule has 0 fully saturated rings. The Morgan fingerprint density at radius 3 is 2.40 bits per heavy atom. The van der Waals surface area contributed by atoms with Gasteiger partial charge in [-0.25, -0.2) is 13.1 Å². The van der Waals surface area contributed by atoms with E-state index in [2.05, 4.69) is 15.0 Å². The van der Waals surface area contributed by atoms with Crippen molar-refractivity contribution in [3.8, 4) is 0 Å². The van der Waals surface area contributed by atoms with Crippen LogP contribution in [0.3, 0.4) is 0 Å². The predicted molar refractivity (Wildman–Crippen MR) is 135 cm³/mol. The number of rotatable bonds is 9. The molecule has 4 aromatic rings. The average Bonchev–Trinajstić information content (AvgIpc) is 2.88. The van der Waals surface area contributed by atoms with Crippen LogP contribution in [0.2, 0.25) is 0 Å². The van der Waals surface area contributed by atoms with Crippen LogP contribution in [0.4, 0.5) is 0 Å². The van der Waals surface area contributed by atoms with E-state index in [1.807, 2.05) is 61.5 Å². The summed E-state index contributed by atoms with van der Waals surface area (Å²) in [7, 11) is -2.79. The predicted octanol–water partition coefficient (Wildman–Crippen LogP) is 3.89. The Labute approximate surface area is 205 Å². The van der Waals surface area contributed by atoms with Gasteiger partial charge < -0.3 is 4.74 Å². The van der Waals surface area contributed by atoms with E-state index in [1.165, 1.54) is 13.2 Å². The van der Waals surface area contributed by atoms with Crippen molar-refractivity contribution in [3.05, 3.63) is 108 Å². The lowest BCUT2D eigenvalue weighted by Gasteiger charge is -2.28. The molecule has 3 aromatic carbocycles. The topological polar surface area (TPSA) is 97.4 Å². The minimum atomic E-state index is -4.08. The second kappa shape index (κ2) is 10.8. The number of methoxy groups -OCH3 is 1. The molecule has 0 aliphatic carbocycles. The Morgan fingerprint density at radius 2 is 1.66 bits per heavy atom. The number of para-hydroxylation sites is 1. The molecule has 0 spiro atoms. The Morgan fingerprint density at radius 1 is 0.943 bits per heavy atom. The average molecular weight is 490 g/mol. The molecule has 0 saturated heterocycles. The van der Waals surface area contributed by atoms with E-state index in [9.17, 15) is 13.2 Å². The minimum absolute atomic E-state index is 0.0425. The van der Waals surface area contributed by atoms with Crippen LogP contribution in [0.15, 0.2) is 96.0 Å². The van der Waals surface area contributed by atoms with Crippen LogP contribution in [0.25, 0.3) is 10.9 Å². The Bertz CT molecular complexity index is 1420. The monoisotopic (exact) mass is 489 g/mol. The number of aromatic nitrogens is 1. The van der Waals surface area contributed by atoms with Gasteiger partial charge in [-0.05, 0) is 35.7 Å². The van der Waals surface area contributed by atoms with E-state index in [1.54, 1.807) is 30.5 Å². The molecule has 0 radical (unpaired) electrons. The molecule has 7 nitrogen and oxygen atoms in total. The number of aryl methyl sites for hydroxylation is 1. The Balaban J connectivity index is 1.77. The molecule has 2 atom stereocenters. The molecule has 35 heavy (non-hydrogen) atoms. The van der Waals surface area contributed by atoms with E-state index in [0.29, 0.717) is 23.0 Å². The number of benzene rings is 3. The van der Waals surface area contributed by atoms with Crippen LogP contribution in [-0.2, 0) is 26.1 Å². The van der Waals surface area contributed by atoms with Gasteiger partial charge in [0.1, 0.15) is 10.9 Å². The number of nitrogens with one attached hydrogen (secondary N) is 2. The highest BCUT2D eigenvalue weighted by atomic mass is 32.2. The molecule has 1 aromatic heterocycles. The number of pyridine rings is 1. The smallest absolute Gasteiger partial charge is 0.324 e. The lowest BCUT2D eigenvalue weighted by Crippen LogP contribution is -2.49. The molecule has 0 amide bonds. The maximum absolute atomic E-state index is 13.7. The normalized spacial score (nSPS) is 13.3. The second-order valence-corrected chi connectivity index (χ2v) is 9.84. The van der Waals surface area contributed by atoms with Gasteiger partial charge in [0.2, 0.25) is 10.0 Å². The first-order chi connectivity index (χ1) is 16.9. The van der Waals surface area contributed by atoms with Crippen LogP contribution < -0.4 is 10.0 Å². The van der Waals surface area contributed by atoms with Gasteiger partial charge in [0.05, 0.1) is 18.7 Å². The summed E-state index contributed by atoms with van der Waals surface area (Å²) in [4.78, 5) is 17.3. The number of sulfonamides is 1. The van der Waals surface area contributed by atoms with Crippen molar-refractivity contribution in [2.75, 3.05) is 7.11 Å². The Hall–Kier alpha value is -3.59. The van der Waals surface area contributed by atoms with Crippen LogP contribution >= 0.6 is 0 Å². The summed E-state index contributed by atoms with van der Waals surface area (Å²) in [6.07, 6.45) is 1.55. The standard InChI is InChI=1S/C27H27N3O4S/c1-19-10-6-7-15-22(19)25(26(27(31)34-2)29-18-20-11-4-3-5-12-20)30-35(32,33)23-16-8-13-21-14-9-17-28-24(21)23/h3-17,25-26,29-30H,18H2,1-2H3/t25-,26-/m0/s1. The third-order valence-electron chi connectivity index (χ3n) is 5.85. The zero-order valence-corrected chi connectivity index (χ0v) is 20.3. The maximum atomic E-state index is 13.7. The number of hydrogen-bond donors (Lipinski definition) is 2. The van der Waals surface area contributed by atoms with Crippen molar-refractivity contribution in [2.45, 2.75) is 30.4 Å². The van der Waals surface area contributed by atoms with Crippen molar-refractivity contribution in [2.24, 2.45) is 0 Å². The number of hydrogen-bond acceptors (Lipinski definition) is 6. The SMILES string of the molecule is COC(=O)[C@@H](NCc1ccccc1)[C@@H](NS(=O)(=O)c1cccc2cccnc12)c1ccccc1C. The summed E-state index contributed by atoms with van der Waals surface area (Å²) in [5.74, 6) is -0.576. The van der Waals surface area contributed by atoms with E-state index in [4.69, 9.17) is 4.74 Å². The first-order valence-electron chi connectivity index (χ1n) is 11.2. The minimum Gasteiger partial charge on any atom is -0.468 e. The number of ether oxygens (including phenoxy) is 1. The van der Waals surface area contributed by atoms with E-state index in [-0.39, 0.29) is 4.90 Å². The van der Waals surface area contributed by atoms with E-state index < -0.39 is 28.1 Å². The fraction of sp³-hybridized carbons (Fsp3) is 0.185. The number of nitrogens with zero attached hydrogens (tertiary/aromatic N) is 1. The highest BCUT2D eigenvalue weighted by molar-refractivity contribution is 7.89. The molecule has 180 valence electrons. The highest BCUT2D eigenvalue weighted by Crippen LogP contribution is 2.27. The highest BCUT2D eigenvalue weighted by Gasteiger charge is 2.35. The van der Waals surface area contributed by atoms with Crippen LogP contribution in [0.5, 0.6) is 0 Å². The van der Waals surface area contributed by atoms with Gasteiger partial charge in [-0.3, -0.25) is 15.1 Å². The molecule has 4 rings (SSSR count). The second-order valence-electron chi connectivity index (χ2n) is 8.15. The van der Waals surface area contributed by atoms with Gasteiger partial charge in [-0.1, -0.05) is 72.8 Å². The number of esters is 1. The lowest BCUT2D eigenvalue weighted by molar-refractivity contribution is -0.143. The molecule has 0 unspecified atom stereocenters. The molecule has 1 heterocycles. The van der Waals surface area contributed by atoms with Gasteiger partial charge in [0.15, 0.2) is 0 Å². The molecule has 0 bridgehead atoms. The maximum Gasteiger partial charge on any atom is 0.324 e. The van der Waals surface area contributed by atoms with Gasteiger partial charge in [-0.15, -0.1) is 0 Å². The summed E-state index contributed by atoms with van der Waals surface area (Å²) >= 11 is 0. The molecule has 2 N–H and O–H groups in total. The first kappa shape index (κ1) is 24.5. The van der Waals surface area contributed by atoms with Gasteiger partial charge in [0, 0.05) is 18.1 Å². The fourth-order valence-corrected chi connectivity index (χ4v) is 5.47. The largest absolute Gasteiger partial charge is 0.468 e. The van der Waals surface area contributed by atoms with E-state index >= 15 is 0 Å². The molecule has 0 aliphatic heterocycles. The quantitative estimate of drug-likeness (QED) is 0.346. The third-order valence-corrected chi connectivity index (χ3v) is 7.32. The van der Waals surface area contributed by atoms with Crippen molar-refractivity contribution in [1.82, 2.24) is 15.0 Å². The summed E-state index contributed by atoms with van der Waals surface area (Å²) < 4.78 is 35.3. The summed E-state index contributed by atoms with van der Waals surface area (Å²) in [5.41, 5.74) is 2.82. The van der Waals surface area contributed by atoms with Crippen LogP contribution in [0.1, 0.15) is 22.7 Å². The van der Waals surface area contributed by atoms with Crippen LogP contribution in [-0.4, -0.2) is 32.5 Å². The van der Waals surface area contributed by atoms with Crippen molar-refractivity contribution < 1.29 is 17.9 Å². The molecule has 0 saturated carbocycles. The van der Waals surface area contributed by atoms with E-state index in [0.717, 1.165) is 11.1 Å². The Kier molecular flexibility index (Phi) is 7.55. The number of carbonyl (C=O) groups is 1. The zero-order valence-electron chi connectivity index (χ0n) is 19.5. The summed E-state index contributed by atoms with van der Waals surface area (Å²) in [5, 5.41) is 3.91. The van der Waals surface area contributed by atoms with Crippen molar-refractivity contribution in [1.29, 1.82) is 0 Å². The first-order valence-corrected chi connectivity index (χ1v) is 12.7. The summed E-state index contributed by atoms with van der Waals surface area (Å²) in [6.45, 7) is 2.22. The molecular weight excluding hydrogens is 462 g/mol. The third kappa shape index (κ3) is 5.57. The van der Waals surface area contributed by atoms with Crippen LogP contribution in [0, 0.1) is 6.92 Å². The molecular formula is C27H27N3O4S. The molecule has 0 aliphatic rings. The number of carbonyl (C=O) groups excluding carboxylic acids is 1. The van der Waals surface area contributed by atoms with Gasteiger partial charge >= 0.3 is 5.97 Å². The fourth-order valence-electron chi connectivity index (χ4n) is 4.06.